The van der Waals surface area contributed by atoms with Crippen LogP contribution in [-0.4, -0.2) is 16.1 Å². The third kappa shape index (κ3) is 2.06. The zero-order valence-electron chi connectivity index (χ0n) is 9.85. The number of carbonyl (C=O) groups is 1. The number of carboxylic acid groups (broad SMARTS) is 1. The monoisotopic (exact) mass is 231 g/mol. The van der Waals surface area contributed by atoms with E-state index in [4.69, 9.17) is 5.11 Å². The standard InChI is InChI=1S/C14H17NO2/c16-14(17)11-7-8-12(9-3-1-2-4-9)15-13(11)10-5-6-10/h7-10H,1-6H2,(H,16,17). The summed E-state index contributed by atoms with van der Waals surface area (Å²) in [6.45, 7) is 0. The summed E-state index contributed by atoms with van der Waals surface area (Å²) in [7, 11) is 0. The first-order valence-electron chi connectivity index (χ1n) is 6.50. The molecule has 3 rings (SSSR count). The van der Waals surface area contributed by atoms with Crippen LogP contribution in [0.4, 0.5) is 0 Å². The zero-order valence-corrected chi connectivity index (χ0v) is 9.85. The van der Waals surface area contributed by atoms with Crippen molar-refractivity contribution >= 4 is 5.97 Å². The molecule has 0 aliphatic heterocycles. The normalized spacial score (nSPS) is 20.7. The number of carboxylic acids is 1. The molecule has 0 aromatic carbocycles. The Morgan fingerprint density at radius 3 is 2.41 bits per heavy atom. The Kier molecular flexibility index (Phi) is 2.61. The van der Waals surface area contributed by atoms with E-state index in [1.807, 2.05) is 6.07 Å². The van der Waals surface area contributed by atoms with E-state index in [2.05, 4.69) is 4.98 Å². The van der Waals surface area contributed by atoms with Gasteiger partial charge in [0.25, 0.3) is 0 Å². The Hall–Kier alpha value is -1.38. The van der Waals surface area contributed by atoms with E-state index >= 15 is 0 Å². The van der Waals surface area contributed by atoms with Gasteiger partial charge in [-0.3, -0.25) is 4.98 Å². The van der Waals surface area contributed by atoms with Crippen LogP contribution >= 0.6 is 0 Å². The summed E-state index contributed by atoms with van der Waals surface area (Å²) in [6, 6.07) is 3.68. The molecule has 2 aliphatic carbocycles. The van der Waals surface area contributed by atoms with Crippen molar-refractivity contribution in [1.29, 1.82) is 0 Å². The molecule has 1 N–H and O–H groups in total. The third-order valence-electron chi connectivity index (χ3n) is 3.91. The predicted octanol–water partition coefficient (Wildman–Crippen LogP) is 3.31. The van der Waals surface area contributed by atoms with Gasteiger partial charge in [-0.2, -0.15) is 0 Å². The number of pyridine rings is 1. The molecule has 0 unspecified atom stereocenters. The van der Waals surface area contributed by atoms with Gasteiger partial charge in [-0.25, -0.2) is 4.79 Å². The van der Waals surface area contributed by atoms with E-state index in [0.29, 0.717) is 17.4 Å². The minimum absolute atomic E-state index is 0.405. The Balaban J connectivity index is 1.96. The van der Waals surface area contributed by atoms with Crippen LogP contribution in [-0.2, 0) is 0 Å². The van der Waals surface area contributed by atoms with E-state index in [9.17, 15) is 4.79 Å². The molecular formula is C14H17NO2. The van der Waals surface area contributed by atoms with E-state index in [0.717, 1.165) is 24.2 Å². The first-order valence-corrected chi connectivity index (χ1v) is 6.50. The quantitative estimate of drug-likeness (QED) is 0.868. The van der Waals surface area contributed by atoms with E-state index in [1.165, 1.54) is 25.7 Å². The lowest BCUT2D eigenvalue weighted by molar-refractivity contribution is 0.0695. The van der Waals surface area contributed by atoms with E-state index in [1.54, 1.807) is 6.07 Å². The van der Waals surface area contributed by atoms with Crippen LogP contribution in [0.1, 0.15) is 72.1 Å². The van der Waals surface area contributed by atoms with Gasteiger partial charge < -0.3 is 5.11 Å². The molecule has 2 aliphatic rings. The maximum Gasteiger partial charge on any atom is 0.337 e. The highest BCUT2D eigenvalue weighted by Crippen LogP contribution is 2.42. The minimum atomic E-state index is -0.836. The van der Waals surface area contributed by atoms with Gasteiger partial charge in [-0.05, 0) is 37.8 Å². The van der Waals surface area contributed by atoms with Crippen LogP contribution in [0.15, 0.2) is 12.1 Å². The van der Waals surface area contributed by atoms with Gasteiger partial charge in [-0.1, -0.05) is 12.8 Å². The molecule has 3 nitrogen and oxygen atoms in total. The number of hydrogen-bond acceptors (Lipinski definition) is 2. The van der Waals surface area contributed by atoms with Crippen LogP contribution in [0.2, 0.25) is 0 Å². The van der Waals surface area contributed by atoms with Crippen molar-refractivity contribution in [3.8, 4) is 0 Å². The molecule has 1 heterocycles. The summed E-state index contributed by atoms with van der Waals surface area (Å²) in [5.41, 5.74) is 2.37. The highest BCUT2D eigenvalue weighted by atomic mass is 16.4. The fraction of sp³-hybridized carbons (Fsp3) is 0.571. The van der Waals surface area contributed by atoms with Gasteiger partial charge in [-0.15, -0.1) is 0 Å². The highest BCUT2D eigenvalue weighted by molar-refractivity contribution is 5.89. The fourth-order valence-electron chi connectivity index (χ4n) is 2.79. The number of aromatic carboxylic acids is 1. The molecular weight excluding hydrogens is 214 g/mol. The van der Waals surface area contributed by atoms with Crippen molar-refractivity contribution in [2.75, 3.05) is 0 Å². The second-order valence-electron chi connectivity index (χ2n) is 5.23. The van der Waals surface area contributed by atoms with E-state index in [-0.39, 0.29) is 0 Å². The molecule has 2 fully saturated rings. The molecule has 1 aromatic heterocycles. The molecule has 0 atom stereocenters. The van der Waals surface area contributed by atoms with Crippen molar-refractivity contribution in [1.82, 2.24) is 4.98 Å². The summed E-state index contributed by atoms with van der Waals surface area (Å²) in [6.07, 6.45) is 7.19. The number of hydrogen-bond donors (Lipinski definition) is 1. The Morgan fingerprint density at radius 1 is 1.12 bits per heavy atom. The van der Waals surface area contributed by atoms with Crippen molar-refractivity contribution in [2.24, 2.45) is 0 Å². The summed E-state index contributed by atoms with van der Waals surface area (Å²) in [5, 5.41) is 9.16. The topological polar surface area (TPSA) is 50.2 Å². The van der Waals surface area contributed by atoms with Gasteiger partial charge in [0.2, 0.25) is 0 Å². The number of rotatable bonds is 3. The van der Waals surface area contributed by atoms with Crippen molar-refractivity contribution < 1.29 is 9.90 Å². The minimum Gasteiger partial charge on any atom is -0.478 e. The van der Waals surface area contributed by atoms with Gasteiger partial charge in [0.1, 0.15) is 0 Å². The molecule has 2 saturated carbocycles. The molecule has 3 heteroatoms. The molecule has 0 bridgehead atoms. The van der Waals surface area contributed by atoms with Gasteiger partial charge in [0, 0.05) is 17.5 Å². The van der Waals surface area contributed by atoms with Crippen molar-refractivity contribution in [3.63, 3.8) is 0 Å². The van der Waals surface area contributed by atoms with Crippen molar-refractivity contribution in [3.05, 3.63) is 29.1 Å². The fourth-order valence-corrected chi connectivity index (χ4v) is 2.79. The molecule has 0 amide bonds. The Morgan fingerprint density at radius 2 is 1.82 bits per heavy atom. The molecule has 0 radical (unpaired) electrons. The van der Waals surface area contributed by atoms with Crippen LogP contribution in [0.3, 0.4) is 0 Å². The molecule has 17 heavy (non-hydrogen) atoms. The van der Waals surface area contributed by atoms with Crippen LogP contribution in [0, 0.1) is 0 Å². The molecule has 90 valence electrons. The summed E-state index contributed by atoms with van der Waals surface area (Å²) in [5.74, 6) is 0.134. The molecule has 1 aromatic rings. The van der Waals surface area contributed by atoms with E-state index < -0.39 is 5.97 Å². The average molecular weight is 231 g/mol. The SMILES string of the molecule is O=C(O)c1ccc(C2CCCC2)nc1C1CC1. The smallest absolute Gasteiger partial charge is 0.337 e. The molecule has 0 spiro atoms. The summed E-state index contributed by atoms with van der Waals surface area (Å²) >= 11 is 0. The van der Waals surface area contributed by atoms with Gasteiger partial charge in [0.15, 0.2) is 0 Å². The van der Waals surface area contributed by atoms with Crippen LogP contribution in [0.25, 0.3) is 0 Å². The predicted molar refractivity (Wildman–Crippen MR) is 64.4 cm³/mol. The maximum absolute atomic E-state index is 11.1. The first kappa shape index (κ1) is 10.8. The largest absolute Gasteiger partial charge is 0.478 e. The first-order chi connectivity index (χ1) is 8.25. The lowest BCUT2D eigenvalue weighted by atomic mass is 10.0. The Labute approximate surface area is 101 Å². The summed E-state index contributed by atoms with van der Waals surface area (Å²) in [4.78, 5) is 15.8. The van der Waals surface area contributed by atoms with Gasteiger partial charge >= 0.3 is 5.97 Å². The maximum atomic E-state index is 11.1. The van der Waals surface area contributed by atoms with Crippen molar-refractivity contribution in [2.45, 2.75) is 50.4 Å². The highest BCUT2D eigenvalue weighted by Gasteiger charge is 2.31. The average Bonchev–Trinajstić information content (AvgIpc) is 3.03. The number of nitrogens with zero attached hydrogens (tertiary/aromatic N) is 1. The lowest BCUT2D eigenvalue weighted by Gasteiger charge is -2.12. The summed E-state index contributed by atoms with van der Waals surface area (Å²) < 4.78 is 0. The molecule has 0 saturated heterocycles. The lowest BCUT2D eigenvalue weighted by Crippen LogP contribution is -2.07. The van der Waals surface area contributed by atoms with Crippen LogP contribution in [0.5, 0.6) is 0 Å². The van der Waals surface area contributed by atoms with Crippen LogP contribution < -0.4 is 0 Å². The third-order valence-corrected chi connectivity index (χ3v) is 3.91. The van der Waals surface area contributed by atoms with Gasteiger partial charge in [0.05, 0.1) is 11.3 Å². The second-order valence-corrected chi connectivity index (χ2v) is 5.23. The number of aromatic nitrogens is 1. The Bertz CT molecular complexity index is 446. The second kappa shape index (κ2) is 4.13. The zero-order chi connectivity index (χ0) is 11.8.